The van der Waals surface area contributed by atoms with Crippen molar-refractivity contribution in [1.29, 1.82) is 0 Å². The molecule has 4 N–H and O–H groups in total. The average molecular weight is 315 g/mol. The second kappa shape index (κ2) is 4.95. The fourth-order valence-electron chi connectivity index (χ4n) is 2.93. The maximum absolute atomic E-state index is 10.1. The highest BCUT2D eigenvalue weighted by molar-refractivity contribution is 6.32. The van der Waals surface area contributed by atoms with Gasteiger partial charge in [0.15, 0.2) is 16.8 Å². The molecular weight excluding hydrogens is 296 g/mol. The topological polar surface area (TPSA) is 103 Å². The number of nitrogens with two attached hydrogens (primary N) is 1. The molecule has 8 heteroatoms. The third-order valence-corrected chi connectivity index (χ3v) is 4.06. The van der Waals surface area contributed by atoms with Gasteiger partial charge >= 0.3 is 0 Å². The Balaban J connectivity index is 1.83. The van der Waals surface area contributed by atoms with Gasteiger partial charge in [0, 0.05) is 0 Å². The molecular formula is C13H19ClN4O3. The van der Waals surface area contributed by atoms with Crippen LogP contribution < -0.4 is 11.1 Å². The first-order valence-corrected chi connectivity index (χ1v) is 7.24. The lowest BCUT2D eigenvalue weighted by molar-refractivity contribution is -0.162. The van der Waals surface area contributed by atoms with E-state index in [4.69, 9.17) is 26.8 Å². The van der Waals surface area contributed by atoms with E-state index in [1.807, 2.05) is 13.8 Å². The highest BCUT2D eigenvalue weighted by Crippen LogP contribution is 2.40. The van der Waals surface area contributed by atoms with E-state index in [0.29, 0.717) is 23.8 Å². The normalized spacial score (nSPS) is 34.0. The van der Waals surface area contributed by atoms with Crippen molar-refractivity contribution in [1.82, 2.24) is 9.97 Å². The van der Waals surface area contributed by atoms with Crippen LogP contribution in [0.2, 0.25) is 5.15 Å². The number of anilines is 2. The van der Waals surface area contributed by atoms with Gasteiger partial charge in [0.25, 0.3) is 0 Å². The van der Waals surface area contributed by atoms with Crippen LogP contribution in [0.25, 0.3) is 0 Å². The van der Waals surface area contributed by atoms with E-state index in [1.54, 1.807) is 6.92 Å². The Morgan fingerprint density at radius 3 is 2.71 bits per heavy atom. The molecule has 3 rings (SSSR count). The summed E-state index contributed by atoms with van der Waals surface area (Å²) in [6.45, 7) is 5.39. The number of aliphatic hydroxyl groups excluding tert-OH is 1. The molecule has 7 nitrogen and oxygen atoms in total. The van der Waals surface area contributed by atoms with Crippen LogP contribution in [-0.2, 0) is 9.47 Å². The Hall–Kier alpha value is -1.15. The largest absolute Gasteiger partial charge is 0.393 e. The molecule has 1 aliphatic heterocycles. The summed E-state index contributed by atoms with van der Waals surface area (Å²) in [5.41, 5.74) is 6.19. The Morgan fingerprint density at radius 2 is 2.00 bits per heavy atom. The van der Waals surface area contributed by atoms with E-state index >= 15 is 0 Å². The van der Waals surface area contributed by atoms with Crippen molar-refractivity contribution in [2.24, 2.45) is 0 Å². The van der Waals surface area contributed by atoms with Crippen molar-refractivity contribution < 1.29 is 14.6 Å². The predicted molar refractivity (Wildman–Crippen MR) is 78.1 cm³/mol. The lowest BCUT2D eigenvalue weighted by Crippen LogP contribution is -2.35. The van der Waals surface area contributed by atoms with Crippen LogP contribution in [-0.4, -0.2) is 45.2 Å². The minimum Gasteiger partial charge on any atom is -0.393 e. The summed E-state index contributed by atoms with van der Waals surface area (Å²) in [5, 5.41) is 13.5. The predicted octanol–water partition coefficient (Wildman–Crippen LogP) is 1.09. The minimum atomic E-state index is -0.707. The number of aromatic nitrogens is 2. The first-order chi connectivity index (χ1) is 9.77. The van der Waals surface area contributed by atoms with E-state index in [1.165, 1.54) is 0 Å². The summed E-state index contributed by atoms with van der Waals surface area (Å²) in [7, 11) is 0. The van der Waals surface area contributed by atoms with Gasteiger partial charge in [0.1, 0.15) is 23.7 Å². The zero-order valence-corrected chi connectivity index (χ0v) is 12.9. The summed E-state index contributed by atoms with van der Waals surface area (Å²) in [4.78, 5) is 8.26. The summed E-state index contributed by atoms with van der Waals surface area (Å²) in [6, 6.07) is -0.153. The van der Waals surface area contributed by atoms with Gasteiger partial charge in [-0.2, -0.15) is 0 Å². The van der Waals surface area contributed by atoms with E-state index in [0.717, 1.165) is 0 Å². The molecule has 1 saturated heterocycles. The third kappa shape index (κ3) is 2.66. The number of hydrogen-bond donors (Lipinski definition) is 3. The molecule has 4 atom stereocenters. The number of aliphatic hydroxyl groups is 1. The second-order valence-electron chi connectivity index (χ2n) is 5.94. The van der Waals surface area contributed by atoms with E-state index in [2.05, 4.69) is 15.3 Å². The molecule has 0 bridgehead atoms. The number of fused-ring (bicyclic) bond motifs is 1. The summed E-state index contributed by atoms with van der Waals surface area (Å²) in [6.07, 6.45) is -0.708. The van der Waals surface area contributed by atoms with E-state index in [-0.39, 0.29) is 23.4 Å². The molecule has 21 heavy (non-hydrogen) atoms. The molecule has 0 amide bonds. The smallest absolute Gasteiger partial charge is 0.163 e. The molecule has 2 fully saturated rings. The first kappa shape index (κ1) is 14.8. The van der Waals surface area contributed by atoms with Crippen LogP contribution in [0.3, 0.4) is 0 Å². The number of hydrogen-bond acceptors (Lipinski definition) is 7. The van der Waals surface area contributed by atoms with Crippen LogP contribution in [0.5, 0.6) is 0 Å². The molecule has 1 aromatic heterocycles. The van der Waals surface area contributed by atoms with Crippen LogP contribution in [0.15, 0.2) is 0 Å². The Morgan fingerprint density at radius 1 is 1.33 bits per heavy atom. The molecule has 1 saturated carbocycles. The lowest BCUT2D eigenvalue weighted by Gasteiger charge is -2.23. The molecule has 0 unspecified atom stereocenters. The summed E-state index contributed by atoms with van der Waals surface area (Å²) < 4.78 is 11.6. The van der Waals surface area contributed by atoms with Gasteiger partial charge < -0.3 is 25.6 Å². The minimum absolute atomic E-state index is 0.153. The van der Waals surface area contributed by atoms with Gasteiger partial charge in [-0.3, -0.25) is 0 Å². The van der Waals surface area contributed by atoms with Gasteiger partial charge in [-0.05, 0) is 27.2 Å². The Kier molecular flexibility index (Phi) is 3.48. The standard InChI is InChI=1S/C13H19ClN4O3/c1-5-16-11(14)8(15)12(17-5)18-6-4-7(19)10-9(6)20-13(2,3)21-10/h6-7,9-10,19H,4,15H2,1-3H3,(H,16,17,18)/t6-,7+,9+,10-/m1/s1. The van der Waals surface area contributed by atoms with Crippen LogP contribution >= 0.6 is 11.6 Å². The summed E-state index contributed by atoms with van der Waals surface area (Å²) in [5.74, 6) is 0.274. The van der Waals surface area contributed by atoms with Gasteiger partial charge in [0.05, 0.1) is 12.1 Å². The monoisotopic (exact) mass is 314 g/mol. The van der Waals surface area contributed by atoms with Crippen molar-refractivity contribution in [3.05, 3.63) is 11.0 Å². The molecule has 0 aromatic carbocycles. The number of nitrogens with one attached hydrogen (secondary N) is 1. The number of ether oxygens (including phenoxy) is 2. The maximum Gasteiger partial charge on any atom is 0.163 e. The van der Waals surface area contributed by atoms with Gasteiger partial charge in [-0.25, -0.2) is 9.97 Å². The Bertz CT molecular complexity index is 569. The molecule has 2 aliphatic rings. The molecule has 0 radical (unpaired) electrons. The van der Waals surface area contributed by atoms with E-state index in [9.17, 15) is 5.11 Å². The van der Waals surface area contributed by atoms with Crippen LogP contribution in [0.4, 0.5) is 11.5 Å². The molecule has 1 aromatic rings. The highest BCUT2D eigenvalue weighted by Gasteiger charge is 2.53. The molecule has 1 aliphatic carbocycles. The number of nitrogen functional groups attached to an aromatic ring is 1. The average Bonchev–Trinajstić information content (AvgIpc) is 2.82. The molecule has 0 spiro atoms. The van der Waals surface area contributed by atoms with Crippen molar-refractivity contribution in [2.45, 2.75) is 57.3 Å². The fourth-order valence-corrected chi connectivity index (χ4v) is 3.14. The van der Waals surface area contributed by atoms with Crippen LogP contribution in [0.1, 0.15) is 26.1 Å². The zero-order chi connectivity index (χ0) is 15.4. The van der Waals surface area contributed by atoms with Gasteiger partial charge in [-0.1, -0.05) is 11.6 Å². The molecule has 2 heterocycles. The quantitative estimate of drug-likeness (QED) is 0.702. The van der Waals surface area contributed by atoms with E-state index < -0.39 is 11.9 Å². The maximum atomic E-state index is 10.1. The number of aryl methyl sites for hydroxylation is 1. The Labute approximate surface area is 127 Å². The third-order valence-electron chi connectivity index (χ3n) is 3.77. The van der Waals surface area contributed by atoms with Crippen molar-refractivity contribution in [2.75, 3.05) is 11.1 Å². The van der Waals surface area contributed by atoms with Crippen molar-refractivity contribution in [3.8, 4) is 0 Å². The fraction of sp³-hybridized carbons (Fsp3) is 0.692. The lowest BCUT2D eigenvalue weighted by atomic mass is 10.2. The zero-order valence-electron chi connectivity index (χ0n) is 12.1. The summed E-state index contributed by atoms with van der Waals surface area (Å²) >= 11 is 5.97. The van der Waals surface area contributed by atoms with Gasteiger partial charge in [-0.15, -0.1) is 0 Å². The SMILES string of the molecule is Cc1nc(Cl)c(N)c(N[C@@H]2C[C@H](O)[C@H]3OC(C)(C)O[C@H]32)n1. The van der Waals surface area contributed by atoms with Crippen molar-refractivity contribution in [3.63, 3.8) is 0 Å². The number of nitrogens with zero attached hydrogens (tertiary/aromatic N) is 2. The number of halogens is 1. The van der Waals surface area contributed by atoms with Gasteiger partial charge in [0.2, 0.25) is 0 Å². The van der Waals surface area contributed by atoms with Crippen molar-refractivity contribution >= 4 is 23.1 Å². The number of rotatable bonds is 2. The molecule has 116 valence electrons. The van der Waals surface area contributed by atoms with Crippen LogP contribution in [0, 0.1) is 6.92 Å². The highest BCUT2D eigenvalue weighted by atomic mass is 35.5. The second-order valence-corrected chi connectivity index (χ2v) is 6.30. The first-order valence-electron chi connectivity index (χ1n) is 6.87.